The van der Waals surface area contributed by atoms with Gasteiger partial charge in [0.25, 0.3) is 5.56 Å². The molecule has 7 heteroatoms. The third-order valence-electron chi connectivity index (χ3n) is 2.95. The molecule has 21 heavy (non-hydrogen) atoms. The Bertz CT molecular complexity index is 909. The highest BCUT2D eigenvalue weighted by Crippen LogP contribution is 2.15. The first kappa shape index (κ1) is 13.7. The van der Waals surface area contributed by atoms with Crippen LogP contribution in [0, 0.1) is 11.3 Å². The maximum atomic E-state index is 12.4. The SMILES string of the molecule is N#CCc1nc(Cn2cnc3ccc(Cl)cc3c2=O)cs1. The molecular formula is C14H9ClN4OS. The number of nitrogens with zero attached hydrogens (tertiary/aromatic N) is 4. The average Bonchev–Trinajstić information content (AvgIpc) is 2.90. The molecule has 5 nitrogen and oxygen atoms in total. The van der Waals surface area contributed by atoms with Crippen molar-refractivity contribution in [1.82, 2.24) is 14.5 Å². The van der Waals surface area contributed by atoms with Crippen LogP contribution < -0.4 is 5.56 Å². The summed E-state index contributed by atoms with van der Waals surface area (Å²) in [5.74, 6) is 0. The zero-order valence-corrected chi connectivity index (χ0v) is 12.4. The first-order valence-electron chi connectivity index (χ1n) is 6.12. The van der Waals surface area contributed by atoms with Crippen molar-refractivity contribution in [1.29, 1.82) is 5.26 Å². The molecule has 0 bridgehead atoms. The van der Waals surface area contributed by atoms with E-state index in [0.717, 1.165) is 10.7 Å². The van der Waals surface area contributed by atoms with Gasteiger partial charge in [-0.25, -0.2) is 9.97 Å². The maximum absolute atomic E-state index is 12.4. The molecule has 0 aliphatic heterocycles. The van der Waals surface area contributed by atoms with E-state index in [1.807, 2.05) is 5.38 Å². The molecule has 3 rings (SSSR count). The zero-order chi connectivity index (χ0) is 14.8. The van der Waals surface area contributed by atoms with E-state index in [9.17, 15) is 4.79 Å². The Hall–Kier alpha value is -2.23. The van der Waals surface area contributed by atoms with E-state index >= 15 is 0 Å². The van der Waals surface area contributed by atoms with E-state index < -0.39 is 0 Å². The first-order valence-corrected chi connectivity index (χ1v) is 7.38. The summed E-state index contributed by atoms with van der Waals surface area (Å²) in [7, 11) is 0. The standard InChI is InChI=1S/C14H9ClN4OS/c15-9-1-2-12-11(5-9)14(20)19(8-17-12)6-10-7-21-13(18-10)3-4-16/h1-2,5,7-8H,3,6H2. The summed E-state index contributed by atoms with van der Waals surface area (Å²) < 4.78 is 1.49. The Morgan fingerprint density at radius 1 is 1.43 bits per heavy atom. The lowest BCUT2D eigenvalue weighted by atomic mass is 10.2. The van der Waals surface area contributed by atoms with Crippen LogP contribution in [0.3, 0.4) is 0 Å². The number of nitriles is 1. The highest BCUT2D eigenvalue weighted by atomic mass is 35.5. The normalized spacial score (nSPS) is 10.7. The van der Waals surface area contributed by atoms with Gasteiger partial charge in [0.15, 0.2) is 0 Å². The molecule has 0 unspecified atom stereocenters. The minimum absolute atomic E-state index is 0.155. The van der Waals surface area contributed by atoms with Crippen molar-refractivity contribution in [3.63, 3.8) is 0 Å². The molecule has 0 N–H and O–H groups in total. The van der Waals surface area contributed by atoms with Gasteiger partial charge in [-0.15, -0.1) is 11.3 Å². The Balaban J connectivity index is 1.98. The summed E-state index contributed by atoms with van der Waals surface area (Å²) in [5.41, 5.74) is 1.21. The molecule has 104 valence electrons. The first-order chi connectivity index (χ1) is 10.2. The third kappa shape index (κ3) is 2.79. The van der Waals surface area contributed by atoms with E-state index in [1.165, 1.54) is 22.2 Å². The van der Waals surface area contributed by atoms with Gasteiger partial charge in [-0.2, -0.15) is 5.26 Å². The van der Waals surface area contributed by atoms with Gasteiger partial charge in [-0.05, 0) is 18.2 Å². The fourth-order valence-electron chi connectivity index (χ4n) is 1.99. The average molecular weight is 317 g/mol. The van der Waals surface area contributed by atoms with Crippen molar-refractivity contribution in [2.75, 3.05) is 0 Å². The fourth-order valence-corrected chi connectivity index (χ4v) is 2.88. The van der Waals surface area contributed by atoms with E-state index in [4.69, 9.17) is 16.9 Å². The van der Waals surface area contributed by atoms with Crippen molar-refractivity contribution in [2.45, 2.75) is 13.0 Å². The van der Waals surface area contributed by atoms with E-state index in [1.54, 1.807) is 18.2 Å². The molecule has 1 aromatic carbocycles. The van der Waals surface area contributed by atoms with Gasteiger partial charge in [0, 0.05) is 10.4 Å². The molecule has 2 aromatic heterocycles. The summed E-state index contributed by atoms with van der Waals surface area (Å²) >= 11 is 7.34. The summed E-state index contributed by atoms with van der Waals surface area (Å²) in [4.78, 5) is 21.0. The second kappa shape index (κ2) is 5.64. The molecule has 0 aliphatic carbocycles. The van der Waals surface area contributed by atoms with E-state index in [0.29, 0.717) is 22.5 Å². The lowest BCUT2D eigenvalue weighted by Crippen LogP contribution is -2.21. The van der Waals surface area contributed by atoms with Crippen LogP contribution in [0.15, 0.2) is 34.7 Å². The Labute approximate surface area is 129 Å². The molecular weight excluding hydrogens is 308 g/mol. The number of halogens is 1. The Morgan fingerprint density at radius 3 is 3.10 bits per heavy atom. The Kier molecular flexibility index (Phi) is 3.69. The largest absolute Gasteiger partial charge is 0.293 e. The molecule has 0 amide bonds. The minimum atomic E-state index is -0.155. The molecule has 0 fully saturated rings. The monoisotopic (exact) mass is 316 g/mol. The summed E-state index contributed by atoms with van der Waals surface area (Å²) in [5, 5.41) is 12.2. The molecule has 0 radical (unpaired) electrons. The van der Waals surface area contributed by atoms with Gasteiger partial charge in [0.2, 0.25) is 0 Å². The van der Waals surface area contributed by atoms with Crippen LogP contribution in [0.5, 0.6) is 0 Å². The van der Waals surface area contributed by atoms with E-state index in [2.05, 4.69) is 16.0 Å². The summed E-state index contributed by atoms with van der Waals surface area (Å²) in [6.07, 6.45) is 1.78. The minimum Gasteiger partial charge on any atom is -0.293 e. The predicted octanol–water partition coefficient (Wildman–Crippen LogP) is 2.62. The van der Waals surface area contributed by atoms with Crippen molar-refractivity contribution in [3.05, 3.63) is 56.0 Å². The van der Waals surface area contributed by atoms with Crippen molar-refractivity contribution >= 4 is 33.8 Å². The van der Waals surface area contributed by atoms with Crippen LogP contribution in [0.4, 0.5) is 0 Å². The zero-order valence-electron chi connectivity index (χ0n) is 10.8. The van der Waals surface area contributed by atoms with E-state index in [-0.39, 0.29) is 12.0 Å². The van der Waals surface area contributed by atoms with Crippen LogP contribution in [-0.4, -0.2) is 14.5 Å². The molecule has 0 aliphatic rings. The highest BCUT2D eigenvalue weighted by molar-refractivity contribution is 7.09. The van der Waals surface area contributed by atoms with Crippen LogP contribution in [0.1, 0.15) is 10.7 Å². The maximum Gasteiger partial charge on any atom is 0.261 e. The molecule has 0 atom stereocenters. The summed E-state index contributed by atoms with van der Waals surface area (Å²) in [6, 6.07) is 7.09. The van der Waals surface area contributed by atoms with Crippen molar-refractivity contribution < 1.29 is 0 Å². The third-order valence-corrected chi connectivity index (χ3v) is 4.08. The van der Waals surface area contributed by atoms with Crippen LogP contribution >= 0.6 is 22.9 Å². The predicted molar refractivity (Wildman–Crippen MR) is 81.5 cm³/mol. The molecule has 2 heterocycles. The van der Waals surface area contributed by atoms with Gasteiger partial charge in [0.1, 0.15) is 5.01 Å². The fraction of sp³-hybridized carbons (Fsp3) is 0.143. The van der Waals surface area contributed by atoms with Crippen molar-refractivity contribution in [2.24, 2.45) is 0 Å². The van der Waals surface area contributed by atoms with Gasteiger partial charge in [0.05, 0.1) is 42.0 Å². The highest BCUT2D eigenvalue weighted by Gasteiger charge is 2.07. The van der Waals surface area contributed by atoms with Gasteiger partial charge < -0.3 is 0 Å². The topological polar surface area (TPSA) is 71.6 Å². The van der Waals surface area contributed by atoms with Crippen LogP contribution in [-0.2, 0) is 13.0 Å². The number of rotatable bonds is 3. The number of aromatic nitrogens is 3. The quantitative estimate of drug-likeness (QED) is 0.744. The molecule has 0 saturated heterocycles. The smallest absolute Gasteiger partial charge is 0.261 e. The van der Waals surface area contributed by atoms with Crippen molar-refractivity contribution in [3.8, 4) is 6.07 Å². The second-order valence-electron chi connectivity index (χ2n) is 4.41. The number of hydrogen-bond donors (Lipinski definition) is 0. The molecule has 0 spiro atoms. The number of fused-ring (bicyclic) bond motifs is 1. The lowest BCUT2D eigenvalue weighted by molar-refractivity contribution is 0.732. The summed E-state index contributed by atoms with van der Waals surface area (Å²) in [6.45, 7) is 0.330. The second-order valence-corrected chi connectivity index (χ2v) is 5.79. The van der Waals surface area contributed by atoms with Gasteiger partial charge in [-0.3, -0.25) is 9.36 Å². The number of hydrogen-bond acceptors (Lipinski definition) is 5. The lowest BCUT2D eigenvalue weighted by Gasteiger charge is -2.04. The molecule has 3 aromatic rings. The number of thiazole rings is 1. The molecule has 0 saturated carbocycles. The van der Waals surface area contributed by atoms with Crippen LogP contribution in [0.2, 0.25) is 5.02 Å². The van der Waals surface area contributed by atoms with Gasteiger partial charge >= 0.3 is 0 Å². The van der Waals surface area contributed by atoms with Crippen LogP contribution in [0.25, 0.3) is 10.9 Å². The number of benzene rings is 1. The van der Waals surface area contributed by atoms with Gasteiger partial charge in [-0.1, -0.05) is 11.6 Å². The Morgan fingerprint density at radius 2 is 2.29 bits per heavy atom.